The molecule has 156 valence electrons. The molecule has 4 amide bonds. The summed E-state index contributed by atoms with van der Waals surface area (Å²) in [5, 5.41) is 7.65. The highest BCUT2D eigenvalue weighted by Gasteiger charge is 2.35. The second-order valence-electron chi connectivity index (χ2n) is 6.98. The van der Waals surface area contributed by atoms with Gasteiger partial charge in [-0.3, -0.25) is 29.4 Å². The maximum Gasteiger partial charge on any atom is 0.261 e. The average molecular weight is 434 g/mol. The Hall–Kier alpha value is -3.85. The molecule has 0 spiro atoms. The van der Waals surface area contributed by atoms with Gasteiger partial charge in [0.1, 0.15) is 0 Å². The van der Waals surface area contributed by atoms with Crippen LogP contribution < -0.4 is 10.6 Å². The van der Waals surface area contributed by atoms with Crippen LogP contribution in [0, 0.1) is 6.92 Å². The summed E-state index contributed by atoms with van der Waals surface area (Å²) in [6, 6.07) is 11.5. The van der Waals surface area contributed by atoms with Crippen LogP contribution in [0.15, 0.2) is 54.0 Å². The number of aromatic nitrogens is 1. The maximum absolute atomic E-state index is 12.5. The smallest absolute Gasteiger partial charge is 0.261 e. The van der Waals surface area contributed by atoms with Gasteiger partial charge in [-0.2, -0.15) is 0 Å². The summed E-state index contributed by atoms with van der Waals surface area (Å²) in [4.78, 5) is 54.5. The predicted octanol–water partition coefficient (Wildman–Crippen LogP) is 3.33. The third kappa shape index (κ3) is 4.36. The number of nitrogens with one attached hydrogen (secondary N) is 2. The quantitative estimate of drug-likeness (QED) is 0.579. The fraction of sp³-hybridized carbons (Fsp3) is 0.136. The number of hydrogen-bond donors (Lipinski definition) is 2. The van der Waals surface area contributed by atoms with E-state index in [1.54, 1.807) is 54.0 Å². The fourth-order valence-electron chi connectivity index (χ4n) is 3.20. The van der Waals surface area contributed by atoms with Crippen molar-refractivity contribution in [3.8, 4) is 0 Å². The molecule has 2 N–H and O–H groups in total. The van der Waals surface area contributed by atoms with Gasteiger partial charge in [0.05, 0.1) is 11.1 Å². The Kier molecular flexibility index (Phi) is 5.59. The summed E-state index contributed by atoms with van der Waals surface area (Å²) in [5.41, 5.74) is 2.56. The van der Waals surface area contributed by atoms with Crippen LogP contribution in [0.5, 0.6) is 0 Å². The molecule has 0 atom stereocenters. The van der Waals surface area contributed by atoms with E-state index < -0.39 is 0 Å². The van der Waals surface area contributed by atoms with Gasteiger partial charge in [0.25, 0.3) is 17.7 Å². The summed E-state index contributed by atoms with van der Waals surface area (Å²) < 4.78 is 0. The van der Waals surface area contributed by atoms with Crippen molar-refractivity contribution in [2.24, 2.45) is 0 Å². The van der Waals surface area contributed by atoms with Gasteiger partial charge >= 0.3 is 0 Å². The van der Waals surface area contributed by atoms with Crippen LogP contribution in [0.3, 0.4) is 0 Å². The van der Waals surface area contributed by atoms with Crippen molar-refractivity contribution in [2.45, 2.75) is 13.3 Å². The normalized spacial score (nSPS) is 12.6. The molecule has 0 bridgehead atoms. The van der Waals surface area contributed by atoms with E-state index in [2.05, 4.69) is 15.6 Å². The molecule has 3 aromatic rings. The molecule has 1 aliphatic rings. The number of rotatable bonds is 6. The van der Waals surface area contributed by atoms with E-state index >= 15 is 0 Å². The lowest BCUT2D eigenvalue weighted by atomic mass is 10.1. The molecule has 0 aliphatic carbocycles. The van der Waals surface area contributed by atoms with E-state index in [9.17, 15) is 19.2 Å². The Morgan fingerprint density at radius 3 is 2.45 bits per heavy atom. The molecule has 1 aliphatic heterocycles. The van der Waals surface area contributed by atoms with Crippen LogP contribution in [-0.2, 0) is 4.79 Å². The van der Waals surface area contributed by atoms with Gasteiger partial charge in [0.15, 0.2) is 5.13 Å². The minimum atomic E-state index is -0.386. The Labute approximate surface area is 181 Å². The highest BCUT2D eigenvalue weighted by molar-refractivity contribution is 7.13. The molecule has 0 saturated carbocycles. The minimum Gasteiger partial charge on any atom is -0.326 e. The van der Waals surface area contributed by atoms with Crippen molar-refractivity contribution in [1.82, 2.24) is 9.88 Å². The van der Waals surface area contributed by atoms with Gasteiger partial charge in [-0.1, -0.05) is 11.6 Å². The molecule has 9 heteroatoms. The van der Waals surface area contributed by atoms with E-state index in [1.165, 1.54) is 11.3 Å². The number of benzene rings is 2. The summed E-state index contributed by atoms with van der Waals surface area (Å²) in [6.45, 7) is 1.84. The zero-order valence-corrected chi connectivity index (χ0v) is 17.4. The number of nitrogens with zero attached hydrogens (tertiary/aromatic N) is 2. The monoisotopic (exact) mass is 434 g/mol. The van der Waals surface area contributed by atoms with Gasteiger partial charge in [0, 0.05) is 35.8 Å². The third-order valence-electron chi connectivity index (χ3n) is 4.77. The topological polar surface area (TPSA) is 108 Å². The number of aryl methyl sites for hydroxylation is 1. The van der Waals surface area contributed by atoms with Gasteiger partial charge in [-0.15, -0.1) is 11.3 Å². The maximum atomic E-state index is 12.5. The summed E-state index contributed by atoms with van der Waals surface area (Å²) >= 11 is 1.32. The Balaban J connectivity index is 1.32. The van der Waals surface area contributed by atoms with Crippen LogP contribution in [0.4, 0.5) is 10.8 Å². The minimum absolute atomic E-state index is 0.00840. The van der Waals surface area contributed by atoms with Crippen LogP contribution in [0.1, 0.15) is 43.1 Å². The average Bonchev–Trinajstić information content (AvgIpc) is 3.34. The number of carbonyl (C=O) groups excluding carboxylic acids is 4. The first kappa shape index (κ1) is 20.4. The number of carbonyl (C=O) groups is 4. The molecule has 0 radical (unpaired) electrons. The third-order valence-corrected chi connectivity index (χ3v) is 5.46. The standard InChI is InChI=1S/C22H18N4O4S/c1-13-2-7-16-17(12-13)21(30)26(20(16)29)10-8-18(27)24-15-5-3-14(4-6-15)19(28)25-22-23-9-11-31-22/h2-7,9,11-12H,8,10H2,1H3,(H,24,27)(H,23,25,28). The molecule has 8 nitrogen and oxygen atoms in total. The summed E-state index contributed by atoms with van der Waals surface area (Å²) in [7, 11) is 0. The molecule has 4 rings (SSSR count). The van der Waals surface area contributed by atoms with Gasteiger partial charge < -0.3 is 5.32 Å². The van der Waals surface area contributed by atoms with Crippen molar-refractivity contribution in [3.05, 3.63) is 76.3 Å². The number of amides is 4. The second kappa shape index (κ2) is 8.49. The lowest BCUT2D eigenvalue weighted by Gasteiger charge is -2.13. The van der Waals surface area contributed by atoms with Crippen LogP contribution in [-0.4, -0.2) is 40.1 Å². The van der Waals surface area contributed by atoms with Gasteiger partial charge in [-0.05, 0) is 43.3 Å². The molecule has 1 aromatic heterocycles. The van der Waals surface area contributed by atoms with Gasteiger partial charge in [0.2, 0.25) is 5.91 Å². The zero-order valence-electron chi connectivity index (χ0n) is 16.5. The number of imide groups is 1. The van der Waals surface area contributed by atoms with Crippen LogP contribution >= 0.6 is 11.3 Å². The van der Waals surface area contributed by atoms with Crippen molar-refractivity contribution in [1.29, 1.82) is 0 Å². The first-order valence-corrected chi connectivity index (χ1v) is 10.4. The van der Waals surface area contributed by atoms with Gasteiger partial charge in [-0.25, -0.2) is 4.98 Å². The molecule has 2 heterocycles. The largest absolute Gasteiger partial charge is 0.326 e. The second-order valence-corrected chi connectivity index (χ2v) is 7.87. The SMILES string of the molecule is Cc1ccc2c(c1)C(=O)N(CCC(=O)Nc1ccc(C(=O)Nc3nccs3)cc1)C2=O. The van der Waals surface area contributed by atoms with Crippen molar-refractivity contribution >= 4 is 45.8 Å². The number of hydrogen-bond acceptors (Lipinski definition) is 6. The molecule has 31 heavy (non-hydrogen) atoms. The van der Waals surface area contributed by atoms with E-state index in [-0.39, 0.29) is 36.6 Å². The van der Waals surface area contributed by atoms with E-state index in [1.807, 2.05) is 6.92 Å². The molecular weight excluding hydrogens is 416 g/mol. The van der Waals surface area contributed by atoms with Crippen LogP contribution in [0.25, 0.3) is 0 Å². The van der Waals surface area contributed by atoms with E-state index in [4.69, 9.17) is 0 Å². The number of anilines is 2. The number of thiazole rings is 1. The molecular formula is C22H18N4O4S. The molecule has 0 saturated heterocycles. The first-order chi connectivity index (χ1) is 14.9. The highest BCUT2D eigenvalue weighted by atomic mass is 32.1. The lowest BCUT2D eigenvalue weighted by Crippen LogP contribution is -2.32. The first-order valence-electron chi connectivity index (χ1n) is 9.50. The fourth-order valence-corrected chi connectivity index (χ4v) is 3.73. The van der Waals surface area contributed by atoms with Crippen molar-refractivity contribution < 1.29 is 19.2 Å². The Bertz CT molecular complexity index is 1170. The van der Waals surface area contributed by atoms with Crippen molar-refractivity contribution in [2.75, 3.05) is 17.2 Å². The van der Waals surface area contributed by atoms with E-state index in [0.717, 1.165) is 10.5 Å². The summed E-state index contributed by atoms with van der Waals surface area (Å²) in [6.07, 6.45) is 1.57. The van der Waals surface area contributed by atoms with Crippen molar-refractivity contribution in [3.63, 3.8) is 0 Å². The lowest BCUT2D eigenvalue weighted by molar-refractivity contribution is -0.116. The highest BCUT2D eigenvalue weighted by Crippen LogP contribution is 2.24. The Morgan fingerprint density at radius 1 is 1.00 bits per heavy atom. The number of fused-ring (bicyclic) bond motifs is 1. The summed E-state index contributed by atoms with van der Waals surface area (Å²) in [5.74, 6) is -1.41. The zero-order chi connectivity index (χ0) is 22.0. The predicted molar refractivity (Wildman–Crippen MR) is 116 cm³/mol. The Morgan fingerprint density at radius 2 is 1.74 bits per heavy atom. The molecule has 0 fully saturated rings. The molecule has 0 unspecified atom stereocenters. The molecule has 2 aromatic carbocycles. The van der Waals surface area contributed by atoms with E-state index in [0.29, 0.717) is 27.5 Å². The van der Waals surface area contributed by atoms with Crippen LogP contribution in [0.2, 0.25) is 0 Å².